The molecule has 0 heterocycles. The Bertz CT molecular complexity index is 792. The second-order valence-electron chi connectivity index (χ2n) is 16.9. The van der Waals surface area contributed by atoms with Crippen LogP contribution in [0.3, 0.4) is 0 Å². The van der Waals surface area contributed by atoms with E-state index in [2.05, 4.69) is 33.0 Å². The third-order valence-corrected chi connectivity index (χ3v) is 10.7. The zero-order valence-electron chi connectivity index (χ0n) is 37.6. The molecule has 0 bridgehead atoms. The van der Waals surface area contributed by atoms with Gasteiger partial charge in [0.15, 0.2) is 0 Å². The fraction of sp³-hybridized carbons (Fsp3) is 0.958. The van der Waals surface area contributed by atoms with Crippen LogP contribution >= 0.6 is 0 Å². The molecule has 0 fully saturated rings. The van der Waals surface area contributed by atoms with Crippen LogP contribution in [0.5, 0.6) is 0 Å². The summed E-state index contributed by atoms with van der Waals surface area (Å²) in [5.41, 5.74) is 0. The van der Waals surface area contributed by atoms with Crippen molar-refractivity contribution in [1.29, 1.82) is 0 Å². The molecule has 0 spiro atoms. The first-order chi connectivity index (χ1) is 26.9. The Labute approximate surface area is 342 Å². The molecule has 7 heteroatoms. The lowest BCUT2D eigenvalue weighted by molar-refractivity contribution is -0.148. The van der Waals surface area contributed by atoms with Gasteiger partial charge in [0, 0.05) is 32.8 Å². The zero-order valence-corrected chi connectivity index (χ0v) is 37.6. The van der Waals surface area contributed by atoms with Crippen molar-refractivity contribution in [3.8, 4) is 0 Å². The van der Waals surface area contributed by atoms with E-state index in [1.165, 1.54) is 167 Å². The smallest absolute Gasteiger partial charge is 0.306 e. The molecule has 0 aliphatic heterocycles. The van der Waals surface area contributed by atoms with Crippen LogP contribution in [0.15, 0.2) is 0 Å². The number of hydrogen-bond donors (Lipinski definition) is 1. The van der Waals surface area contributed by atoms with Gasteiger partial charge in [-0.25, -0.2) is 0 Å². The molecule has 0 saturated heterocycles. The fourth-order valence-corrected chi connectivity index (χ4v) is 6.89. The molecule has 2 unspecified atom stereocenters. The van der Waals surface area contributed by atoms with Gasteiger partial charge >= 0.3 is 5.97 Å². The Hall–Kier alpha value is -1.18. The summed E-state index contributed by atoms with van der Waals surface area (Å²) in [5, 5.41) is 2.98. The number of unbranched alkanes of at least 4 members (excludes halogenated alkanes) is 26. The number of amides is 1. The molecule has 2 atom stereocenters. The first-order valence-electron chi connectivity index (χ1n) is 24.1. The molecule has 0 aromatic carbocycles. The monoisotopic (exact) mass is 782 g/mol. The van der Waals surface area contributed by atoms with Gasteiger partial charge in [-0.05, 0) is 38.5 Å². The maximum Gasteiger partial charge on any atom is 0.306 e. The highest BCUT2D eigenvalue weighted by molar-refractivity contribution is 5.81. The highest BCUT2D eigenvalue weighted by Crippen LogP contribution is 2.15. The number of rotatable bonds is 45. The molecule has 55 heavy (non-hydrogen) atoms. The lowest BCUT2D eigenvalue weighted by atomic mass is 10.0. The van der Waals surface area contributed by atoms with Gasteiger partial charge in [0.25, 0.3) is 0 Å². The van der Waals surface area contributed by atoms with Crippen molar-refractivity contribution in [2.45, 2.75) is 252 Å². The van der Waals surface area contributed by atoms with Gasteiger partial charge in [0.2, 0.25) is 5.91 Å². The number of hydrogen-bond acceptors (Lipinski definition) is 6. The van der Waals surface area contributed by atoms with E-state index in [4.69, 9.17) is 18.9 Å². The number of carbonyl (C=O) groups excluding carboxylic acids is 2. The molecule has 7 nitrogen and oxygen atoms in total. The minimum atomic E-state index is -0.360. The molecule has 1 N–H and O–H groups in total. The molecule has 0 saturated carbocycles. The van der Waals surface area contributed by atoms with Crippen molar-refractivity contribution in [1.82, 2.24) is 5.32 Å². The second kappa shape index (κ2) is 43.9. The normalized spacial score (nSPS) is 12.7. The number of ether oxygens (including phenoxy) is 4. The third kappa shape index (κ3) is 43.8. The average molecular weight is 782 g/mol. The molecular formula is C48H95NO6. The summed E-state index contributed by atoms with van der Waals surface area (Å²) in [6.07, 6.45) is 39.5. The molecule has 328 valence electrons. The Balaban J connectivity index is 4.20. The van der Waals surface area contributed by atoms with Crippen LogP contribution in [-0.4, -0.2) is 63.7 Å². The van der Waals surface area contributed by atoms with Gasteiger partial charge in [-0.2, -0.15) is 0 Å². The van der Waals surface area contributed by atoms with Crippen LogP contribution in [-0.2, 0) is 28.5 Å². The van der Waals surface area contributed by atoms with Gasteiger partial charge in [-0.3, -0.25) is 9.59 Å². The van der Waals surface area contributed by atoms with E-state index in [1.807, 2.05) is 6.92 Å². The standard InChI is InChI=1S/C48H95NO6/c1-6-8-10-12-14-16-18-20-22-24-26-28-30-32-39-52-43-46(54-40-33-31-29-27-25-23-21-19-17-15-13-11-9-7-2)36-38-49-47(50)34-35-48(51)55-42-45(5)53-41-37-44(3)4/h44-46H,6-43H2,1-5H3,(H,49,50). The molecule has 0 aromatic rings. The average Bonchev–Trinajstić information content (AvgIpc) is 3.17. The second-order valence-corrected chi connectivity index (χ2v) is 16.9. The Morgan fingerprint density at radius 2 is 0.909 bits per heavy atom. The van der Waals surface area contributed by atoms with Crippen LogP contribution in [0, 0.1) is 5.92 Å². The molecule has 0 aliphatic carbocycles. The summed E-state index contributed by atoms with van der Waals surface area (Å²) in [6.45, 7) is 14.3. The van der Waals surface area contributed by atoms with Crippen molar-refractivity contribution in [3.05, 3.63) is 0 Å². The van der Waals surface area contributed by atoms with Gasteiger partial charge in [-0.1, -0.05) is 195 Å². The molecule has 1 amide bonds. The van der Waals surface area contributed by atoms with E-state index < -0.39 is 0 Å². The van der Waals surface area contributed by atoms with Crippen LogP contribution in [0.2, 0.25) is 0 Å². The third-order valence-electron chi connectivity index (χ3n) is 10.7. The van der Waals surface area contributed by atoms with Crippen LogP contribution in [0.25, 0.3) is 0 Å². The van der Waals surface area contributed by atoms with Crippen molar-refractivity contribution in [3.63, 3.8) is 0 Å². The first kappa shape index (κ1) is 53.8. The van der Waals surface area contributed by atoms with Crippen LogP contribution < -0.4 is 5.32 Å². The lowest BCUT2D eigenvalue weighted by Crippen LogP contribution is -2.30. The molecular weight excluding hydrogens is 687 g/mol. The molecule has 0 rings (SSSR count). The minimum absolute atomic E-state index is 0.0314. The number of nitrogens with one attached hydrogen (secondary N) is 1. The van der Waals surface area contributed by atoms with Crippen molar-refractivity contribution >= 4 is 11.9 Å². The van der Waals surface area contributed by atoms with E-state index in [0.29, 0.717) is 32.1 Å². The quantitative estimate of drug-likeness (QED) is 0.0489. The summed E-state index contributed by atoms with van der Waals surface area (Å²) in [7, 11) is 0. The minimum Gasteiger partial charge on any atom is -0.463 e. The predicted octanol–water partition coefficient (Wildman–Crippen LogP) is 13.6. The Morgan fingerprint density at radius 1 is 0.473 bits per heavy atom. The summed E-state index contributed by atoms with van der Waals surface area (Å²) >= 11 is 0. The van der Waals surface area contributed by atoms with E-state index in [1.54, 1.807) is 0 Å². The maximum atomic E-state index is 12.5. The summed E-state index contributed by atoms with van der Waals surface area (Å²) in [6, 6.07) is 0. The summed E-state index contributed by atoms with van der Waals surface area (Å²) < 4.78 is 23.4. The topological polar surface area (TPSA) is 83.1 Å². The predicted molar refractivity (Wildman–Crippen MR) is 234 cm³/mol. The van der Waals surface area contributed by atoms with Crippen molar-refractivity contribution in [2.24, 2.45) is 5.92 Å². The lowest BCUT2D eigenvalue weighted by Gasteiger charge is -2.19. The molecule has 0 aliphatic rings. The number of esters is 1. The van der Waals surface area contributed by atoms with E-state index in [0.717, 1.165) is 32.5 Å². The number of carbonyl (C=O) groups is 2. The Kier molecular flexibility index (Phi) is 43.0. The largest absolute Gasteiger partial charge is 0.463 e. The van der Waals surface area contributed by atoms with Gasteiger partial charge in [0.05, 0.1) is 25.2 Å². The Morgan fingerprint density at radius 3 is 1.36 bits per heavy atom. The molecule has 0 radical (unpaired) electrons. The zero-order chi connectivity index (χ0) is 40.3. The van der Waals surface area contributed by atoms with Gasteiger partial charge in [0.1, 0.15) is 6.61 Å². The summed E-state index contributed by atoms with van der Waals surface area (Å²) in [5.74, 6) is 0.0864. The maximum absolute atomic E-state index is 12.5. The van der Waals surface area contributed by atoms with Crippen LogP contribution in [0.1, 0.15) is 240 Å². The van der Waals surface area contributed by atoms with Gasteiger partial charge < -0.3 is 24.3 Å². The summed E-state index contributed by atoms with van der Waals surface area (Å²) in [4.78, 5) is 24.7. The van der Waals surface area contributed by atoms with E-state index >= 15 is 0 Å². The van der Waals surface area contributed by atoms with E-state index in [9.17, 15) is 9.59 Å². The fourth-order valence-electron chi connectivity index (χ4n) is 6.89. The van der Waals surface area contributed by atoms with E-state index in [-0.39, 0.29) is 43.5 Å². The first-order valence-corrected chi connectivity index (χ1v) is 24.1. The van der Waals surface area contributed by atoms with Crippen molar-refractivity contribution < 1.29 is 28.5 Å². The SMILES string of the molecule is CCCCCCCCCCCCCCCCOCC(CCNC(=O)CCC(=O)OCC(C)OCCC(C)C)OCCCCCCCCCCCCCCCC. The van der Waals surface area contributed by atoms with Gasteiger partial charge in [-0.15, -0.1) is 0 Å². The highest BCUT2D eigenvalue weighted by Gasteiger charge is 2.13. The molecule has 0 aromatic heterocycles. The highest BCUT2D eigenvalue weighted by atomic mass is 16.6. The van der Waals surface area contributed by atoms with Crippen LogP contribution in [0.4, 0.5) is 0 Å². The van der Waals surface area contributed by atoms with Crippen molar-refractivity contribution in [2.75, 3.05) is 39.6 Å².